The standard InChI is InChI=1S/C24H23FN2O2/c1-2-29-23-6-4-3-5-22(23)17-7-9-21(19(13-17)16-28)18-11-12-27(15-18)24-10-8-20(25)14-26-24/h3-10,13-14,16,18H,2,11-12,15H2,1H3. The maximum atomic E-state index is 13.1. The number of carbonyl (C=O) groups excluding carboxylic acids is 1. The first-order valence-electron chi connectivity index (χ1n) is 9.87. The average Bonchev–Trinajstić information content (AvgIpc) is 3.24. The minimum atomic E-state index is -0.337. The third-order valence-corrected chi connectivity index (χ3v) is 5.38. The number of nitrogens with zero attached hydrogens (tertiary/aromatic N) is 2. The van der Waals surface area contributed by atoms with E-state index in [0.29, 0.717) is 12.2 Å². The highest BCUT2D eigenvalue weighted by Crippen LogP contribution is 2.35. The van der Waals surface area contributed by atoms with E-state index >= 15 is 0 Å². The zero-order valence-electron chi connectivity index (χ0n) is 16.3. The predicted molar refractivity (Wildman–Crippen MR) is 112 cm³/mol. The van der Waals surface area contributed by atoms with Crippen LogP contribution >= 0.6 is 0 Å². The van der Waals surface area contributed by atoms with Gasteiger partial charge in [-0.3, -0.25) is 4.79 Å². The summed E-state index contributed by atoms with van der Waals surface area (Å²) in [5, 5.41) is 0. The molecule has 1 unspecified atom stereocenters. The van der Waals surface area contributed by atoms with Crippen LogP contribution in [0, 0.1) is 5.82 Å². The van der Waals surface area contributed by atoms with Crippen molar-refractivity contribution in [1.29, 1.82) is 0 Å². The van der Waals surface area contributed by atoms with Crippen LogP contribution in [0.25, 0.3) is 11.1 Å². The molecule has 4 nitrogen and oxygen atoms in total. The number of halogens is 1. The summed E-state index contributed by atoms with van der Waals surface area (Å²) in [7, 11) is 0. The molecule has 1 atom stereocenters. The van der Waals surface area contributed by atoms with Crippen molar-refractivity contribution in [3.63, 3.8) is 0 Å². The van der Waals surface area contributed by atoms with Gasteiger partial charge in [0.25, 0.3) is 0 Å². The Kier molecular flexibility index (Phi) is 5.56. The molecule has 0 N–H and O–H groups in total. The SMILES string of the molecule is CCOc1ccccc1-c1ccc(C2CCN(c3ccc(F)cn3)C2)c(C=O)c1. The van der Waals surface area contributed by atoms with E-state index in [1.807, 2.05) is 43.3 Å². The summed E-state index contributed by atoms with van der Waals surface area (Å²) < 4.78 is 18.9. The Labute approximate surface area is 170 Å². The molecule has 1 aromatic heterocycles. The molecule has 0 radical (unpaired) electrons. The fourth-order valence-electron chi connectivity index (χ4n) is 3.98. The van der Waals surface area contributed by atoms with Gasteiger partial charge in [-0.25, -0.2) is 9.37 Å². The number of hydrogen-bond donors (Lipinski definition) is 0. The monoisotopic (exact) mass is 390 g/mol. The number of carbonyl (C=O) groups is 1. The summed E-state index contributed by atoms with van der Waals surface area (Å²) in [6, 6.07) is 17.0. The number of pyridine rings is 1. The van der Waals surface area contributed by atoms with Crippen LogP contribution in [-0.2, 0) is 0 Å². The number of hydrogen-bond acceptors (Lipinski definition) is 4. The van der Waals surface area contributed by atoms with Gasteiger partial charge in [0.1, 0.15) is 23.7 Å². The van der Waals surface area contributed by atoms with Crippen molar-refractivity contribution in [3.05, 3.63) is 77.7 Å². The molecule has 2 heterocycles. The maximum absolute atomic E-state index is 13.1. The summed E-state index contributed by atoms with van der Waals surface area (Å²) in [4.78, 5) is 18.2. The summed E-state index contributed by atoms with van der Waals surface area (Å²) >= 11 is 0. The topological polar surface area (TPSA) is 42.4 Å². The summed E-state index contributed by atoms with van der Waals surface area (Å²) in [6.07, 6.45) is 3.10. The van der Waals surface area contributed by atoms with Crippen LogP contribution in [0.3, 0.4) is 0 Å². The van der Waals surface area contributed by atoms with Crippen LogP contribution in [0.15, 0.2) is 60.8 Å². The van der Waals surface area contributed by atoms with Crippen molar-refractivity contribution in [2.24, 2.45) is 0 Å². The second kappa shape index (κ2) is 8.43. The van der Waals surface area contributed by atoms with Gasteiger partial charge < -0.3 is 9.64 Å². The van der Waals surface area contributed by atoms with E-state index in [9.17, 15) is 9.18 Å². The lowest BCUT2D eigenvalue weighted by molar-refractivity contribution is 0.112. The smallest absolute Gasteiger partial charge is 0.150 e. The zero-order valence-corrected chi connectivity index (χ0v) is 16.3. The predicted octanol–water partition coefficient (Wildman–Crippen LogP) is 5.09. The Hall–Kier alpha value is -3.21. The van der Waals surface area contributed by atoms with Gasteiger partial charge in [-0.05, 0) is 48.7 Å². The number of anilines is 1. The first kappa shape index (κ1) is 19.1. The lowest BCUT2D eigenvalue weighted by atomic mass is 9.91. The van der Waals surface area contributed by atoms with Crippen molar-refractivity contribution in [3.8, 4) is 16.9 Å². The van der Waals surface area contributed by atoms with E-state index in [0.717, 1.165) is 54.1 Å². The number of rotatable bonds is 6. The van der Waals surface area contributed by atoms with Crippen molar-refractivity contribution in [2.45, 2.75) is 19.3 Å². The highest BCUT2D eigenvalue weighted by Gasteiger charge is 2.26. The fourth-order valence-corrected chi connectivity index (χ4v) is 3.98. The highest BCUT2D eigenvalue weighted by atomic mass is 19.1. The van der Waals surface area contributed by atoms with Crippen molar-refractivity contribution in [1.82, 2.24) is 4.98 Å². The average molecular weight is 390 g/mol. The van der Waals surface area contributed by atoms with Gasteiger partial charge in [-0.2, -0.15) is 0 Å². The minimum absolute atomic E-state index is 0.234. The van der Waals surface area contributed by atoms with Crippen LogP contribution < -0.4 is 9.64 Å². The molecule has 0 bridgehead atoms. The minimum Gasteiger partial charge on any atom is -0.493 e. The van der Waals surface area contributed by atoms with E-state index in [1.165, 1.54) is 12.3 Å². The Bertz CT molecular complexity index is 1000. The molecule has 1 fully saturated rings. The van der Waals surface area contributed by atoms with Crippen molar-refractivity contribution in [2.75, 3.05) is 24.6 Å². The number of aldehydes is 1. The molecule has 0 spiro atoms. The molecule has 29 heavy (non-hydrogen) atoms. The molecule has 0 amide bonds. The molecule has 5 heteroatoms. The van der Waals surface area contributed by atoms with Gasteiger partial charge in [0, 0.05) is 30.1 Å². The van der Waals surface area contributed by atoms with E-state index < -0.39 is 0 Å². The molecular formula is C24H23FN2O2. The summed E-state index contributed by atoms with van der Waals surface area (Å²) in [5.74, 6) is 1.48. The second-order valence-electron chi connectivity index (χ2n) is 7.16. The summed E-state index contributed by atoms with van der Waals surface area (Å²) in [5.41, 5.74) is 3.69. The highest BCUT2D eigenvalue weighted by molar-refractivity contribution is 5.83. The normalized spacial score (nSPS) is 16.1. The third-order valence-electron chi connectivity index (χ3n) is 5.38. The third kappa shape index (κ3) is 3.99. The molecule has 148 valence electrons. The second-order valence-corrected chi connectivity index (χ2v) is 7.16. The van der Waals surface area contributed by atoms with Crippen LogP contribution in [-0.4, -0.2) is 31.0 Å². The summed E-state index contributed by atoms with van der Waals surface area (Å²) in [6.45, 7) is 4.13. The van der Waals surface area contributed by atoms with Crippen LogP contribution in [0.1, 0.15) is 35.2 Å². The number of para-hydroxylation sites is 1. The van der Waals surface area contributed by atoms with Gasteiger partial charge >= 0.3 is 0 Å². The number of ether oxygens (including phenoxy) is 1. The van der Waals surface area contributed by atoms with Gasteiger partial charge in [-0.15, -0.1) is 0 Å². The van der Waals surface area contributed by atoms with Crippen LogP contribution in [0.2, 0.25) is 0 Å². The van der Waals surface area contributed by atoms with Gasteiger partial charge in [0.15, 0.2) is 0 Å². The van der Waals surface area contributed by atoms with E-state index in [1.54, 1.807) is 6.07 Å². The maximum Gasteiger partial charge on any atom is 0.150 e. The van der Waals surface area contributed by atoms with Crippen molar-refractivity contribution < 1.29 is 13.9 Å². The molecule has 0 saturated carbocycles. The largest absolute Gasteiger partial charge is 0.493 e. The number of benzene rings is 2. The fraction of sp³-hybridized carbons (Fsp3) is 0.250. The van der Waals surface area contributed by atoms with Gasteiger partial charge in [-0.1, -0.05) is 30.3 Å². The molecule has 2 aromatic carbocycles. The van der Waals surface area contributed by atoms with Gasteiger partial charge in [0.2, 0.25) is 0 Å². The zero-order chi connectivity index (χ0) is 20.2. The molecule has 4 rings (SSSR count). The Morgan fingerprint density at radius 3 is 2.83 bits per heavy atom. The lowest BCUT2D eigenvalue weighted by Gasteiger charge is -2.18. The van der Waals surface area contributed by atoms with E-state index in [-0.39, 0.29) is 11.7 Å². The molecule has 3 aromatic rings. The van der Waals surface area contributed by atoms with Crippen LogP contribution in [0.5, 0.6) is 5.75 Å². The first-order chi connectivity index (χ1) is 14.2. The number of aromatic nitrogens is 1. The molecule has 1 saturated heterocycles. The molecular weight excluding hydrogens is 367 g/mol. The Morgan fingerprint density at radius 2 is 2.07 bits per heavy atom. The molecule has 1 aliphatic heterocycles. The van der Waals surface area contributed by atoms with E-state index in [4.69, 9.17) is 4.74 Å². The Balaban J connectivity index is 1.60. The van der Waals surface area contributed by atoms with Crippen molar-refractivity contribution >= 4 is 12.1 Å². The van der Waals surface area contributed by atoms with E-state index in [2.05, 4.69) is 16.0 Å². The van der Waals surface area contributed by atoms with Gasteiger partial charge in [0.05, 0.1) is 12.8 Å². The first-order valence-corrected chi connectivity index (χ1v) is 9.87. The van der Waals surface area contributed by atoms with Crippen LogP contribution in [0.4, 0.5) is 10.2 Å². The lowest BCUT2D eigenvalue weighted by Crippen LogP contribution is -2.20. The Morgan fingerprint density at radius 1 is 1.21 bits per heavy atom. The molecule has 1 aliphatic rings. The quantitative estimate of drug-likeness (QED) is 0.550. The molecule has 0 aliphatic carbocycles.